The Labute approximate surface area is 210 Å². The van der Waals surface area contributed by atoms with Crippen molar-refractivity contribution in [2.45, 2.75) is 31.7 Å². The van der Waals surface area contributed by atoms with Crippen LogP contribution in [-0.2, 0) is 11.5 Å². The minimum absolute atomic E-state index is 0.0144. The number of fused-ring (bicyclic) bond motifs is 2. The highest BCUT2D eigenvalue weighted by molar-refractivity contribution is 7.14. The number of H-pyrrole nitrogens is 1. The fourth-order valence-corrected chi connectivity index (χ4v) is 5.53. The zero-order valence-electron chi connectivity index (χ0n) is 19.3. The van der Waals surface area contributed by atoms with Gasteiger partial charge < -0.3 is 20.3 Å². The molecule has 0 bridgehead atoms. The van der Waals surface area contributed by atoms with E-state index in [-0.39, 0.29) is 23.3 Å². The molecular formula is C24H30N4O5S2. The van der Waals surface area contributed by atoms with Crippen molar-refractivity contribution in [2.24, 2.45) is 0 Å². The summed E-state index contributed by atoms with van der Waals surface area (Å²) in [6.07, 6.45) is 1.43. The summed E-state index contributed by atoms with van der Waals surface area (Å²) in [5.41, 5.74) is 0.0904. The number of carbonyl (C=O) groups is 1. The maximum atomic E-state index is 12.1. The Bertz CT molecular complexity index is 1310. The van der Waals surface area contributed by atoms with Crippen LogP contribution in [0.4, 0.5) is 0 Å². The fourth-order valence-electron chi connectivity index (χ4n) is 3.77. The number of hydrogen-bond donors (Lipinski definition) is 4. The number of benzene rings is 2. The number of nitrogens with zero attached hydrogens (tertiary/aromatic N) is 2. The Morgan fingerprint density at radius 1 is 0.943 bits per heavy atom. The van der Waals surface area contributed by atoms with Crippen LogP contribution in [0.5, 0.6) is 0 Å². The van der Waals surface area contributed by atoms with Gasteiger partial charge in [-0.1, -0.05) is 47.3 Å². The van der Waals surface area contributed by atoms with Crippen molar-refractivity contribution in [2.75, 3.05) is 26.2 Å². The van der Waals surface area contributed by atoms with E-state index < -0.39 is 0 Å². The molecule has 2 saturated heterocycles. The Hall–Kier alpha value is -2.67. The van der Waals surface area contributed by atoms with Gasteiger partial charge in [0.05, 0.1) is 39.0 Å². The smallest absolute Gasteiger partial charge is 0.269 e. The molecule has 188 valence electrons. The molecule has 9 nitrogen and oxygen atoms in total. The van der Waals surface area contributed by atoms with E-state index in [2.05, 4.69) is 14.6 Å². The summed E-state index contributed by atoms with van der Waals surface area (Å²) >= 11 is 2.87. The Morgan fingerprint density at radius 3 is 2.17 bits per heavy atom. The van der Waals surface area contributed by atoms with Crippen molar-refractivity contribution in [3.63, 3.8) is 0 Å². The van der Waals surface area contributed by atoms with Gasteiger partial charge in [-0.05, 0) is 43.7 Å². The minimum Gasteiger partial charge on any atom is -0.392 e. The van der Waals surface area contributed by atoms with Gasteiger partial charge in [-0.25, -0.2) is 3.96 Å². The number of β-amino-alcohol motifs (C(OH)–C–C–N with tert-alkyl or cyclic N) is 2. The van der Waals surface area contributed by atoms with Crippen molar-refractivity contribution in [1.82, 2.24) is 18.5 Å². The number of nitrogens with one attached hydrogen (secondary N) is 2. The van der Waals surface area contributed by atoms with Crippen molar-refractivity contribution < 1.29 is 15.0 Å². The summed E-state index contributed by atoms with van der Waals surface area (Å²) in [5, 5.41) is 22.7. The number of rotatable bonds is 2. The summed E-state index contributed by atoms with van der Waals surface area (Å²) in [5.74, 6) is 0. The highest BCUT2D eigenvalue weighted by Crippen LogP contribution is 2.17. The zero-order valence-corrected chi connectivity index (χ0v) is 20.9. The van der Waals surface area contributed by atoms with Crippen LogP contribution in [0.25, 0.3) is 20.2 Å². The molecule has 0 unspecified atom stereocenters. The lowest BCUT2D eigenvalue weighted by Crippen LogP contribution is -2.28. The minimum atomic E-state index is -0.236. The Kier molecular flexibility index (Phi) is 10.3. The number of aliphatic hydroxyl groups is 2. The predicted octanol–water partition coefficient (Wildman–Crippen LogP) is 1.83. The van der Waals surface area contributed by atoms with E-state index in [1.54, 1.807) is 3.96 Å². The summed E-state index contributed by atoms with van der Waals surface area (Å²) in [7, 11) is 0. The molecule has 2 fully saturated rings. The molecule has 0 amide bonds. The third-order valence-corrected chi connectivity index (χ3v) is 7.47. The lowest BCUT2D eigenvalue weighted by atomic mass is 10.3. The molecule has 0 radical (unpaired) electrons. The second kappa shape index (κ2) is 13.4. The molecule has 2 aromatic carbocycles. The SMILES string of the molecule is C=O.O=c1[nH]sc2ccccc12.O=c1c2ccccc2sn1CN1CC[C@@H](O)C1.O[C@@H]1CCNC1. The molecule has 0 aliphatic carbocycles. The number of likely N-dealkylation sites (tertiary alicyclic amines) is 1. The van der Waals surface area contributed by atoms with E-state index in [0.717, 1.165) is 52.6 Å². The average Bonchev–Trinajstić information content (AvgIpc) is 3.67. The molecule has 6 rings (SSSR count). The maximum absolute atomic E-state index is 12.1. The molecular weight excluding hydrogens is 488 g/mol. The normalized spacial score (nSPS) is 19.4. The molecule has 2 aromatic heterocycles. The van der Waals surface area contributed by atoms with Crippen LogP contribution < -0.4 is 16.4 Å². The zero-order chi connectivity index (χ0) is 25.2. The van der Waals surface area contributed by atoms with Gasteiger partial charge in [-0.2, -0.15) is 0 Å². The van der Waals surface area contributed by atoms with Gasteiger partial charge in [0.15, 0.2) is 0 Å². The lowest BCUT2D eigenvalue weighted by molar-refractivity contribution is -0.0980. The standard InChI is InChI=1S/C12H14N2O2S.C7H5NOS.C4H9NO.CH2O/c15-9-5-6-13(7-9)8-14-12(16)10-3-1-2-4-11(10)17-14;9-7-5-3-1-2-4-6(5)10-8-7;6-4-1-2-5-3-4;1-2/h1-4,9,15H,5-8H2;1-4H,(H,8,9);4-6H,1-3H2;1H2/t9-;;4-;/m1.1./s1. The Morgan fingerprint density at radius 2 is 1.63 bits per heavy atom. The van der Waals surface area contributed by atoms with Gasteiger partial charge in [0, 0.05) is 19.6 Å². The van der Waals surface area contributed by atoms with Gasteiger partial charge in [0.25, 0.3) is 11.1 Å². The van der Waals surface area contributed by atoms with Crippen LogP contribution in [-0.4, -0.2) is 68.6 Å². The van der Waals surface area contributed by atoms with E-state index >= 15 is 0 Å². The van der Waals surface area contributed by atoms with E-state index in [9.17, 15) is 14.7 Å². The Balaban J connectivity index is 0.000000160. The molecule has 35 heavy (non-hydrogen) atoms. The first kappa shape index (κ1) is 26.9. The average molecular weight is 519 g/mol. The van der Waals surface area contributed by atoms with Gasteiger partial charge in [0.1, 0.15) is 6.79 Å². The van der Waals surface area contributed by atoms with Gasteiger partial charge >= 0.3 is 0 Å². The van der Waals surface area contributed by atoms with Crippen molar-refractivity contribution in [3.05, 3.63) is 69.2 Å². The van der Waals surface area contributed by atoms with E-state index in [1.165, 1.54) is 23.1 Å². The summed E-state index contributed by atoms with van der Waals surface area (Å²) in [4.78, 5) is 33.1. The van der Waals surface area contributed by atoms with Gasteiger partial charge in [-0.15, -0.1) is 0 Å². The quantitative estimate of drug-likeness (QED) is 0.319. The molecule has 0 spiro atoms. The number of aliphatic hydroxyl groups excluding tert-OH is 2. The van der Waals surface area contributed by atoms with Crippen molar-refractivity contribution in [1.29, 1.82) is 0 Å². The molecule has 11 heteroatoms. The molecule has 0 saturated carbocycles. The van der Waals surface area contributed by atoms with E-state index in [4.69, 9.17) is 9.90 Å². The largest absolute Gasteiger partial charge is 0.392 e. The van der Waals surface area contributed by atoms with E-state index in [1.807, 2.05) is 55.3 Å². The third-order valence-electron chi connectivity index (χ3n) is 5.55. The summed E-state index contributed by atoms with van der Waals surface area (Å²) < 4.78 is 6.48. The van der Waals surface area contributed by atoms with Gasteiger partial charge in [-0.3, -0.25) is 18.9 Å². The second-order valence-electron chi connectivity index (χ2n) is 8.11. The molecule has 4 N–H and O–H groups in total. The number of carbonyl (C=O) groups excluding carboxylic acids is 1. The van der Waals surface area contributed by atoms with Crippen molar-refractivity contribution in [3.8, 4) is 0 Å². The van der Waals surface area contributed by atoms with Gasteiger partial charge in [0.2, 0.25) is 0 Å². The first-order valence-electron chi connectivity index (χ1n) is 11.2. The lowest BCUT2D eigenvalue weighted by Gasteiger charge is -2.13. The molecule has 2 atom stereocenters. The third kappa shape index (κ3) is 7.40. The summed E-state index contributed by atoms with van der Waals surface area (Å²) in [6, 6.07) is 15.2. The highest BCUT2D eigenvalue weighted by atomic mass is 32.1. The number of hydrogen-bond acceptors (Lipinski definition) is 9. The van der Waals surface area contributed by atoms with Crippen molar-refractivity contribution >= 4 is 50.0 Å². The van der Waals surface area contributed by atoms with Crippen LogP contribution in [0.15, 0.2) is 58.1 Å². The first-order valence-corrected chi connectivity index (χ1v) is 12.8. The van der Waals surface area contributed by atoms with E-state index in [0.29, 0.717) is 13.2 Å². The molecule has 4 aromatic rings. The molecule has 2 aliphatic rings. The molecule has 2 aliphatic heterocycles. The number of aromatic nitrogens is 2. The topological polar surface area (TPSA) is 128 Å². The number of aromatic amines is 1. The highest BCUT2D eigenvalue weighted by Gasteiger charge is 2.21. The first-order chi connectivity index (χ1) is 17.0. The van der Waals surface area contributed by atoms with Crippen LogP contribution in [0, 0.1) is 0 Å². The second-order valence-corrected chi connectivity index (χ2v) is 10.0. The summed E-state index contributed by atoms with van der Waals surface area (Å²) in [6.45, 7) is 5.90. The fraction of sp³-hybridized carbons (Fsp3) is 0.375. The monoisotopic (exact) mass is 518 g/mol. The van der Waals surface area contributed by atoms with Crippen LogP contribution in [0.3, 0.4) is 0 Å². The molecule has 4 heterocycles. The van der Waals surface area contributed by atoms with Crippen LogP contribution >= 0.6 is 23.1 Å². The van der Waals surface area contributed by atoms with Crippen LogP contribution in [0.2, 0.25) is 0 Å². The van der Waals surface area contributed by atoms with Crippen LogP contribution in [0.1, 0.15) is 12.8 Å². The maximum Gasteiger partial charge on any atom is 0.269 e. The predicted molar refractivity (Wildman–Crippen MR) is 141 cm³/mol.